The van der Waals surface area contributed by atoms with Crippen LogP contribution in [0.25, 0.3) is 0 Å². The van der Waals surface area contributed by atoms with E-state index in [1.807, 2.05) is 0 Å². The lowest BCUT2D eigenvalue weighted by Crippen LogP contribution is -2.42. The summed E-state index contributed by atoms with van der Waals surface area (Å²) in [6.45, 7) is 8.46. The lowest BCUT2D eigenvalue weighted by Gasteiger charge is -2.34. The van der Waals surface area contributed by atoms with Gasteiger partial charge in [0.2, 0.25) is 0 Å². The normalized spacial score (nSPS) is 21.8. The second kappa shape index (κ2) is 7.24. The predicted molar refractivity (Wildman–Crippen MR) is 67.2 cm³/mol. The minimum absolute atomic E-state index is 0.688. The summed E-state index contributed by atoms with van der Waals surface area (Å²) in [5, 5.41) is 3.39. The maximum absolute atomic E-state index is 3.39. The molecule has 0 saturated carbocycles. The van der Waals surface area contributed by atoms with Crippen LogP contribution in [0.1, 0.15) is 46.0 Å². The van der Waals surface area contributed by atoms with Crippen LogP contribution in [-0.4, -0.2) is 37.6 Å². The highest BCUT2D eigenvalue weighted by atomic mass is 15.1. The van der Waals surface area contributed by atoms with Crippen LogP contribution >= 0.6 is 0 Å². The monoisotopic (exact) mass is 212 g/mol. The first-order chi connectivity index (χ1) is 7.30. The molecule has 2 nitrogen and oxygen atoms in total. The number of rotatable bonds is 6. The van der Waals surface area contributed by atoms with E-state index in [4.69, 9.17) is 0 Å². The highest BCUT2D eigenvalue weighted by Crippen LogP contribution is 2.21. The maximum atomic E-state index is 3.39. The molecular weight excluding hydrogens is 184 g/mol. The molecule has 1 aliphatic rings. The number of piperidine rings is 1. The van der Waals surface area contributed by atoms with Crippen molar-refractivity contribution in [2.45, 2.75) is 52.0 Å². The van der Waals surface area contributed by atoms with Gasteiger partial charge in [0.1, 0.15) is 0 Å². The van der Waals surface area contributed by atoms with Gasteiger partial charge in [-0.1, -0.05) is 26.7 Å². The van der Waals surface area contributed by atoms with Crippen LogP contribution < -0.4 is 5.32 Å². The summed E-state index contributed by atoms with van der Waals surface area (Å²) in [5.41, 5.74) is 0. The van der Waals surface area contributed by atoms with Gasteiger partial charge in [0.15, 0.2) is 0 Å². The fourth-order valence-corrected chi connectivity index (χ4v) is 2.60. The smallest absolute Gasteiger partial charge is 0.0189 e. The Bertz CT molecular complexity index is 147. The minimum Gasteiger partial charge on any atom is -0.316 e. The quantitative estimate of drug-likeness (QED) is 0.728. The van der Waals surface area contributed by atoms with Gasteiger partial charge in [0, 0.05) is 12.6 Å². The van der Waals surface area contributed by atoms with E-state index in [1.165, 1.54) is 51.7 Å². The van der Waals surface area contributed by atoms with Gasteiger partial charge in [-0.2, -0.15) is 0 Å². The van der Waals surface area contributed by atoms with Gasteiger partial charge in [-0.05, 0) is 45.3 Å². The summed E-state index contributed by atoms with van der Waals surface area (Å²) in [6, 6.07) is 0.688. The number of hydrogen-bond acceptors (Lipinski definition) is 2. The molecule has 0 radical (unpaired) electrons. The van der Waals surface area contributed by atoms with Crippen molar-refractivity contribution in [3.8, 4) is 0 Å². The fraction of sp³-hybridized carbons (Fsp3) is 1.00. The van der Waals surface area contributed by atoms with E-state index in [0.29, 0.717) is 6.04 Å². The van der Waals surface area contributed by atoms with Gasteiger partial charge in [-0.15, -0.1) is 0 Å². The Balaban J connectivity index is 2.19. The zero-order valence-electron chi connectivity index (χ0n) is 10.8. The van der Waals surface area contributed by atoms with Crippen molar-refractivity contribution >= 4 is 0 Å². The van der Waals surface area contributed by atoms with Crippen molar-refractivity contribution in [3.63, 3.8) is 0 Å². The number of likely N-dealkylation sites (tertiary alicyclic amines) is 1. The van der Waals surface area contributed by atoms with Gasteiger partial charge >= 0.3 is 0 Å². The molecule has 0 amide bonds. The van der Waals surface area contributed by atoms with Crippen LogP contribution in [-0.2, 0) is 0 Å². The molecule has 90 valence electrons. The molecule has 0 spiro atoms. The standard InChI is InChI=1S/C13H28N2/c1-4-6-12-7-9-15(10-8-12)11-13(5-2)14-3/h12-14H,4-11H2,1-3H3. The molecule has 15 heavy (non-hydrogen) atoms. The molecule has 1 saturated heterocycles. The highest BCUT2D eigenvalue weighted by molar-refractivity contribution is 4.76. The Labute approximate surface area is 95.4 Å². The fourth-order valence-electron chi connectivity index (χ4n) is 2.60. The molecule has 1 fully saturated rings. The SMILES string of the molecule is CCCC1CCN(CC(CC)NC)CC1. The number of nitrogens with zero attached hydrogens (tertiary/aromatic N) is 1. The minimum atomic E-state index is 0.688. The van der Waals surface area contributed by atoms with E-state index in [-0.39, 0.29) is 0 Å². The Morgan fingerprint density at radius 2 is 1.93 bits per heavy atom. The van der Waals surface area contributed by atoms with Gasteiger partial charge in [-0.3, -0.25) is 0 Å². The third kappa shape index (κ3) is 4.52. The number of likely N-dealkylation sites (N-methyl/N-ethyl adjacent to an activating group) is 1. The number of nitrogens with one attached hydrogen (secondary N) is 1. The van der Waals surface area contributed by atoms with Crippen molar-refractivity contribution in [1.29, 1.82) is 0 Å². The third-order valence-electron chi connectivity index (χ3n) is 3.78. The van der Waals surface area contributed by atoms with Crippen LogP contribution in [0.2, 0.25) is 0 Å². The Morgan fingerprint density at radius 3 is 2.40 bits per heavy atom. The molecule has 1 unspecified atom stereocenters. The largest absolute Gasteiger partial charge is 0.316 e. The van der Waals surface area contributed by atoms with Crippen molar-refractivity contribution in [2.75, 3.05) is 26.7 Å². The molecule has 2 heteroatoms. The molecule has 0 aromatic heterocycles. The summed E-state index contributed by atoms with van der Waals surface area (Å²) in [4.78, 5) is 2.64. The van der Waals surface area contributed by atoms with Crippen molar-refractivity contribution in [3.05, 3.63) is 0 Å². The third-order valence-corrected chi connectivity index (χ3v) is 3.78. The molecule has 1 atom stereocenters. The zero-order valence-corrected chi connectivity index (χ0v) is 10.8. The lowest BCUT2D eigenvalue weighted by molar-refractivity contribution is 0.164. The van der Waals surface area contributed by atoms with Gasteiger partial charge in [0.25, 0.3) is 0 Å². The summed E-state index contributed by atoms with van der Waals surface area (Å²) < 4.78 is 0. The summed E-state index contributed by atoms with van der Waals surface area (Å²) >= 11 is 0. The van der Waals surface area contributed by atoms with E-state index in [9.17, 15) is 0 Å². The molecule has 1 N–H and O–H groups in total. The Morgan fingerprint density at radius 1 is 1.27 bits per heavy atom. The van der Waals surface area contributed by atoms with E-state index < -0.39 is 0 Å². The van der Waals surface area contributed by atoms with Gasteiger partial charge < -0.3 is 10.2 Å². The van der Waals surface area contributed by atoms with E-state index in [0.717, 1.165) is 5.92 Å². The summed E-state index contributed by atoms with van der Waals surface area (Å²) in [7, 11) is 2.08. The first kappa shape index (κ1) is 13.0. The summed E-state index contributed by atoms with van der Waals surface area (Å²) in [6.07, 6.45) is 6.89. The van der Waals surface area contributed by atoms with Gasteiger partial charge in [-0.25, -0.2) is 0 Å². The van der Waals surface area contributed by atoms with E-state index >= 15 is 0 Å². The van der Waals surface area contributed by atoms with Crippen LogP contribution in [0.15, 0.2) is 0 Å². The number of hydrogen-bond donors (Lipinski definition) is 1. The molecule has 0 bridgehead atoms. The average molecular weight is 212 g/mol. The molecule has 0 aromatic rings. The lowest BCUT2D eigenvalue weighted by atomic mass is 9.92. The Kier molecular flexibility index (Phi) is 6.26. The van der Waals surface area contributed by atoms with Crippen LogP contribution in [0.5, 0.6) is 0 Å². The molecule has 0 aliphatic carbocycles. The second-order valence-electron chi connectivity index (χ2n) is 4.93. The van der Waals surface area contributed by atoms with E-state index in [2.05, 4.69) is 31.1 Å². The van der Waals surface area contributed by atoms with Crippen molar-refractivity contribution < 1.29 is 0 Å². The molecule has 1 aliphatic heterocycles. The van der Waals surface area contributed by atoms with Crippen LogP contribution in [0.4, 0.5) is 0 Å². The molecular formula is C13H28N2. The predicted octanol–water partition coefficient (Wildman–Crippen LogP) is 2.50. The molecule has 0 aromatic carbocycles. The van der Waals surface area contributed by atoms with E-state index in [1.54, 1.807) is 0 Å². The van der Waals surface area contributed by atoms with Crippen LogP contribution in [0.3, 0.4) is 0 Å². The first-order valence-corrected chi connectivity index (χ1v) is 6.69. The summed E-state index contributed by atoms with van der Waals surface area (Å²) in [5.74, 6) is 1.01. The average Bonchev–Trinajstić information content (AvgIpc) is 2.28. The zero-order chi connectivity index (χ0) is 11.1. The van der Waals surface area contributed by atoms with Crippen molar-refractivity contribution in [2.24, 2.45) is 5.92 Å². The van der Waals surface area contributed by atoms with Crippen molar-refractivity contribution in [1.82, 2.24) is 10.2 Å². The molecule has 1 rings (SSSR count). The maximum Gasteiger partial charge on any atom is 0.0189 e. The Hall–Kier alpha value is -0.0800. The first-order valence-electron chi connectivity index (χ1n) is 6.69. The highest BCUT2D eigenvalue weighted by Gasteiger charge is 2.19. The van der Waals surface area contributed by atoms with Crippen LogP contribution in [0, 0.1) is 5.92 Å². The second-order valence-corrected chi connectivity index (χ2v) is 4.93. The topological polar surface area (TPSA) is 15.3 Å². The van der Waals surface area contributed by atoms with Gasteiger partial charge in [0.05, 0.1) is 0 Å². The molecule has 1 heterocycles.